The highest BCUT2D eigenvalue weighted by atomic mass is 16.4. The van der Waals surface area contributed by atoms with Gasteiger partial charge in [0.25, 0.3) is 0 Å². The smallest absolute Gasteiger partial charge is 0.303 e. The molecule has 1 aliphatic carbocycles. The Bertz CT molecular complexity index is 476. The first-order valence-electron chi connectivity index (χ1n) is 8.99. The average Bonchev–Trinajstić information content (AvgIpc) is 2.88. The number of rotatable bonds is 12. The van der Waals surface area contributed by atoms with Gasteiger partial charge in [-0.1, -0.05) is 50.1 Å². The third kappa shape index (κ3) is 8.25. The van der Waals surface area contributed by atoms with E-state index >= 15 is 0 Å². The quantitative estimate of drug-likeness (QED) is 0.417. The van der Waals surface area contributed by atoms with Gasteiger partial charge in [0.15, 0.2) is 5.78 Å². The van der Waals surface area contributed by atoms with Crippen LogP contribution in [0.3, 0.4) is 0 Å². The van der Waals surface area contributed by atoms with Crippen molar-refractivity contribution in [1.29, 1.82) is 0 Å². The lowest BCUT2D eigenvalue weighted by atomic mass is 9.89. The molecule has 0 heterocycles. The number of aliphatic carboxylic acids is 1. The van der Waals surface area contributed by atoms with E-state index in [1.807, 2.05) is 12.2 Å². The molecule has 4 nitrogen and oxygen atoms in total. The van der Waals surface area contributed by atoms with Crippen molar-refractivity contribution in [2.45, 2.75) is 64.4 Å². The third-order valence-electron chi connectivity index (χ3n) is 4.28. The number of aliphatic hydroxyl groups excluding tert-OH is 1. The second-order valence-corrected chi connectivity index (χ2v) is 6.39. The van der Waals surface area contributed by atoms with Crippen LogP contribution in [-0.2, 0) is 9.59 Å². The topological polar surface area (TPSA) is 74.6 Å². The van der Waals surface area contributed by atoms with E-state index in [1.54, 1.807) is 18.2 Å². The van der Waals surface area contributed by atoms with E-state index in [-0.39, 0.29) is 24.0 Å². The molecule has 0 aromatic carbocycles. The van der Waals surface area contributed by atoms with Crippen LogP contribution in [0.4, 0.5) is 0 Å². The van der Waals surface area contributed by atoms with Crippen LogP contribution in [0.25, 0.3) is 0 Å². The third-order valence-corrected chi connectivity index (χ3v) is 4.28. The largest absolute Gasteiger partial charge is 0.481 e. The van der Waals surface area contributed by atoms with E-state index < -0.39 is 12.1 Å². The highest BCUT2D eigenvalue weighted by molar-refractivity contribution is 5.95. The van der Waals surface area contributed by atoms with Crippen LogP contribution in [0.5, 0.6) is 0 Å². The zero-order valence-corrected chi connectivity index (χ0v) is 14.6. The molecule has 24 heavy (non-hydrogen) atoms. The Kier molecular flexibility index (Phi) is 10.0. The number of hydrogen-bond donors (Lipinski definition) is 2. The zero-order chi connectivity index (χ0) is 17.8. The highest BCUT2D eigenvalue weighted by Crippen LogP contribution is 2.28. The second-order valence-electron chi connectivity index (χ2n) is 6.39. The summed E-state index contributed by atoms with van der Waals surface area (Å²) in [5.41, 5.74) is 0. The lowest BCUT2D eigenvalue weighted by Gasteiger charge is -2.14. The molecule has 1 aliphatic rings. The first-order valence-corrected chi connectivity index (χ1v) is 8.99. The zero-order valence-electron chi connectivity index (χ0n) is 14.6. The van der Waals surface area contributed by atoms with Crippen molar-refractivity contribution < 1.29 is 19.8 Å². The van der Waals surface area contributed by atoms with Gasteiger partial charge in [0.05, 0.1) is 6.10 Å². The maximum Gasteiger partial charge on any atom is 0.303 e. The number of carbonyl (C=O) groups is 2. The number of carboxylic acids is 1. The minimum absolute atomic E-state index is 0.0360. The molecule has 0 aromatic heterocycles. The number of carboxylic acid groups (broad SMARTS) is 1. The maximum atomic E-state index is 11.9. The fourth-order valence-corrected chi connectivity index (χ4v) is 2.85. The Morgan fingerprint density at radius 3 is 2.79 bits per heavy atom. The molecule has 4 heteroatoms. The molecule has 0 fully saturated rings. The van der Waals surface area contributed by atoms with Crippen molar-refractivity contribution in [2.24, 2.45) is 11.8 Å². The molecule has 2 N–H and O–H groups in total. The fraction of sp³-hybridized carbons (Fsp3) is 0.600. The van der Waals surface area contributed by atoms with Crippen molar-refractivity contribution in [3.05, 3.63) is 36.5 Å². The molecule has 0 aromatic rings. The Morgan fingerprint density at radius 2 is 2.08 bits per heavy atom. The summed E-state index contributed by atoms with van der Waals surface area (Å²) in [4.78, 5) is 22.5. The van der Waals surface area contributed by atoms with Crippen LogP contribution >= 0.6 is 0 Å². The number of ketones is 1. The standard InChI is InChI=1S/C20H30O4/c1-2-3-4-5-6-7-10-17(21)13-14-18-16(12-15-19(18)22)9-8-11-20(23)24/h6-7,12-18,21H,2-5,8-11H2,1H3,(H,23,24)/b7-6-,14-13+/t16-,17+,18-/m0/s1. The van der Waals surface area contributed by atoms with E-state index in [0.29, 0.717) is 19.3 Å². The molecule has 0 unspecified atom stereocenters. The summed E-state index contributed by atoms with van der Waals surface area (Å²) in [5.74, 6) is -0.989. The van der Waals surface area contributed by atoms with Gasteiger partial charge in [-0.15, -0.1) is 0 Å². The minimum Gasteiger partial charge on any atom is -0.481 e. The second kappa shape index (κ2) is 11.8. The molecule has 0 saturated carbocycles. The van der Waals surface area contributed by atoms with Gasteiger partial charge in [-0.3, -0.25) is 9.59 Å². The predicted octanol–water partition coefficient (Wildman–Crippen LogP) is 4.06. The SMILES string of the molecule is CCCCC/C=C\C[C@@H](O)/C=C/[C@@H]1C(=O)C=C[C@@H]1CCCC(=O)O. The van der Waals surface area contributed by atoms with Gasteiger partial charge >= 0.3 is 5.97 Å². The first-order chi connectivity index (χ1) is 11.5. The number of allylic oxidation sites excluding steroid dienone is 4. The van der Waals surface area contributed by atoms with E-state index in [2.05, 4.69) is 13.0 Å². The molecule has 0 spiro atoms. The normalized spacial score (nSPS) is 22.0. The van der Waals surface area contributed by atoms with Gasteiger partial charge in [0.1, 0.15) is 0 Å². The molecule has 0 aliphatic heterocycles. The van der Waals surface area contributed by atoms with Gasteiger partial charge in [0, 0.05) is 12.3 Å². The van der Waals surface area contributed by atoms with Crippen LogP contribution in [0, 0.1) is 11.8 Å². The van der Waals surface area contributed by atoms with Gasteiger partial charge in [0.2, 0.25) is 0 Å². The van der Waals surface area contributed by atoms with Crippen LogP contribution < -0.4 is 0 Å². The molecule has 0 bridgehead atoms. The molecule has 0 radical (unpaired) electrons. The summed E-state index contributed by atoms with van der Waals surface area (Å²) in [6.45, 7) is 2.17. The van der Waals surface area contributed by atoms with Crippen molar-refractivity contribution in [2.75, 3.05) is 0 Å². The maximum absolute atomic E-state index is 11.9. The number of hydrogen-bond acceptors (Lipinski definition) is 3. The number of carbonyl (C=O) groups excluding carboxylic acids is 1. The first kappa shape index (κ1) is 20.4. The van der Waals surface area contributed by atoms with Crippen molar-refractivity contribution in [1.82, 2.24) is 0 Å². The van der Waals surface area contributed by atoms with Gasteiger partial charge < -0.3 is 10.2 Å². The van der Waals surface area contributed by atoms with Gasteiger partial charge in [-0.25, -0.2) is 0 Å². The Hall–Kier alpha value is -1.68. The molecule has 134 valence electrons. The fourth-order valence-electron chi connectivity index (χ4n) is 2.85. The van der Waals surface area contributed by atoms with E-state index in [4.69, 9.17) is 5.11 Å². The Balaban J connectivity index is 2.36. The summed E-state index contributed by atoms with van der Waals surface area (Å²) >= 11 is 0. The van der Waals surface area contributed by atoms with E-state index in [9.17, 15) is 14.7 Å². The number of aliphatic hydroxyl groups is 1. The Morgan fingerprint density at radius 1 is 1.29 bits per heavy atom. The number of unbranched alkanes of at least 4 members (excludes halogenated alkanes) is 3. The lowest BCUT2D eigenvalue weighted by molar-refractivity contribution is -0.137. The van der Waals surface area contributed by atoms with E-state index in [0.717, 1.165) is 6.42 Å². The molecule has 1 rings (SSSR count). The van der Waals surface area contributed by atoms with Crippen LogP contribution in [0.15, 0.2) is 36.5 Å². The van der Waals surface area contributed by atoms with E-state index in [1.165, 1.54) is 19.3 Å². The monoisotopic (exact) mass is 334 g/mol. The minimum atomic E-state index is -0.809. The summed E-state index contributed by atoms with van der Waals surface area (Å²) in [5, 5.41) is 18.7. The molecule has 0 amide bonds. The summed E-state index contributed by atoms with van der Waals surface area (Å²) < 4.78 is 0. The summed E-state index contributed by atoms with van der Waals surface area (Å²) in [6, 6.07) is 0. The van der Waals surface area contributed by atoms with Gasteiger partial charge in [-0.05, 0) is 44.1 Å². The van der Waals surface area contributed by atoms with Gasteiger partial charge in [-0.2, -0.15) is 0 Å². The summed E-state index contributed by atoms with van der Waals surface area (Å²) in [6.07, 6.45) is 17.0. The average molecular weight is 334 g/mol. The molecular weight excluding hydrogens is 304 g/mol. The van der Waals surface area contributed by atoms with Crippen LogP contribution in [-0.4, -0.2) is 28.1 Å². The van der Waals surface area contributed by atoms with Crippen LogP contribution in [0.1, 0.15) is 58.3 Å². The predicted molar refractivity (Wildman–Crippen MR) is 95.7 cm³/mol. The molecular formula is C20H30O4. The van der Waals surface area contributed by atoms with Crippen molar-refractivity contribution >= 4 is 11.8 Å². The highest BCUT2D eigenvalue weighted by Gasteiger charge is 2.27. The molecule has 3 atom stereocenters. The lowest BCUT2D eigenvalue weighted by Crippen LogP contribution is -2.15. The van der Waals surface area contributed by atoms with Crippen LogP contribution in [0.2, 0.25) is 0 Å². The van der Waals surface area contributed by atoms with Crippen molar-refractivity contribution in [3.8, 4) is 0 Å². The molecule has 0 saturated heterocycles. The van der Waals surface area contributed by atoms with Crippen molar-refractivity contribution in [3.63, 3.8) is 0 Å². The Labute approximate surface area is 145 Å². The summed E-state index contributed by atoms with van der Waals surface area (Å²) in [7, 11) is 0.